The van der Waals surface area contributed by atoms with Crippen molar-refractivity contribution in [3.63, 3.8) is 0 Å². The summed E-state index contributed by atoms with van der Waals surface area (Å²) >= 11 is 0. The van der Waals surface area contributed by atoms with Crippen LogP contribution in [0.15, 0.2) is 18.2 Å². The maximum absolute atomic E-state index is 11.4. The number of fused-ring (bicyclic) bond motifs is 1. The number of aliphatic hydroxyl groups excluding tert-OH is 1. The Morgan fingerprint density at radius 3 is 2.96 bits per heavy atom. The van der Waals surface area contributed by atoms with E-state index in [1.165, 1.54) is 16.7 Å². The summed E-state index contributed by atoms with van der Waals surface area (Å²) in [6.45, 7) is 2.42. The Balaban J connectivity index is 1.50. The molecule has 1 aromatic rings. The van der Waals surface area contributed by atoms with Gasteiger partial charge in [0.25, 0.3) is 0 Å². The number of ether oxygens (including phenoxy) is 1. The standard InChI is InChI=1S/C19H25NO3/c1-12(21)13-2-3-15-9-16(5-4-14(15)8-13)17-6-7-19(10-17)11-23-18(22)20-19/h4-5,9,12-13,17,21H,2-3,6-8,10-11H2,1H3,(H,20,22)/t12?,13?,17-,19+/m0/s1. The Kier molecular flexibility index (Phi) is 3.60. The second-order valence-corrected chi connectivity index (χ2v) is 7.69. The Hall–Kier alpha value is -1.55. The third kappa shape index (κ3) is 2.74. The topological polar surface area (TPSA) is 58.6 Å². The molecule has 1 aromatic carbocycles. The number of rotatable bonds is 2. The lowest BCUT2D eigenvalue weighted by molar-refractivity contribution is 0.116. The monoisotopic (exact) mass is 315 g/mol. The summed E-state index contributed by atoms with van der Waals surface area (Å²) in [5.41, 5.74) is 4.12. The maximum Gasteiger partial charge on any atom is 0.407 e. The summed E-state index contributed by atoms with van der Waals surface area (Å²) in [6.07, 6.45) is 5.75. The van der Waals surface area contributed by atoms with Crippen molar-refractivity contribution in [2.45, 2.75) is 63.0 Å². The van der Waals surface area contributed by atoms with Crippen molar-refractivity contribution in [1.82, 2.24) is 5.32 Å². The van der Waals surface area contributed by atoms with E-state index in [1.807, 2.05) is 6.92 Å². The molecular weight excluding hydrogens is 290 g/mol. The highest BCUT2D eigenvalue weighted by Crippen LogP contribution is 2.43. The van der Waals surface area contributed by atoms with Gasteiger partial charge in [-0.15, -0.1) is 0 Å². The number of carbonyl (C=O) groups is 1. The minimum atomic E-state index is -0.264. The van der Waals surface area contributed by atoms with Crippen molar-refractivity contribution in [2.24, 2.45) is 5.92 Å². The summed E-state index contributed by atoms with van der Waals surface area (Å²) < 4.78 is 5.13. The van der Waals surface area contributed by atoms with Gasteiger partial charge < -0.3 is 15.2 Å². The number of aryl methyl sites for hydroxylation is 1. The zero-order chi connectivity index (χ0) is 16.0. The summed E-state index contributed by atoms with van der Waals surface area (Å²) in [4.78, 5) is 11.4. The molecule has 2 unspecified atom stereocenters. The van der Waals surface area contributed by atoms with E-state index in [0.717, 1.165) is 38.5 Å². The highest BCUT2D eigenvalue weighted by molar-refractivity contribution is 5.70. The number of carbonyl (C=O) groups excluding carboxylic acids is 1. The van der Waals surface area contributed by atoms with Gasteiger partial charge in [0.05, 0.1) is 11.6 Å². The molecule has 1 aliphatic heterocycles. The van der Waals surface area contributed by atoms with Crippen LogP contribution >= 0.6 is 0 Å². The maximum atomic E-state index is 11.4. The zero-order valence-corrected chi connectivity index (χ0v) is 13.7. The molecule has 23 heavy (non-hydrogen) atoms. The van der Waals surface area contributed by atoms with Gasteiger partial charge in [0.1, 0.15) is 6.61 Å². The molecule has 2 N–H and O–H groups in total. The molecule has 1 spiro atoms. The van der Waals surface area contributed by atoms with Gasteiger partial charge in [-0.3, -0.25) is 0 Å². The van der Waals surface area contributed by atoms with Gasteiger partial charge in [-0.2, -0.15) is 0 Å². The number of hydrogen-bond donors (Lipinski definition) is 2. The minimum Gasteiger partial charge on any atom is -0.447 e. The fraction of sp³-hybridized carbons (Fsp3) is 0.632. The molecule has 4 rings (SSSR count). The molecule has 2 fully saturated rings. The first-order valence-electron chi connectivity index (χ1n) is 8.79. The first kappa shape index (κ1) is 15.0. The van der Waals surface area contributed by atoms with E-state index < -0.39 is 0 Å². The van der Waals surface area contributed by atoms with Crippen LogP contribution in [0.3, 0.4) is 0 Å². The van der Waals surface area contributed by atoms with Crippen molar-refractivity contribution in [3.8, 4) is 0 Å². The molecule has 4 heteroatoms. The fourth-order valence-corrected chi connectivity index (χ4v) is 4.62. The predicted molar refractivity (Wildman–Crippen MR) is 87.4 cm³/mol. The summed E-state index contributed by atoms with van der Waals surface area (Å²) in [7, 11) is 0. The van der Waals surface area contributed by atoms with Gasteiger partial charge >= 0.3 is 6.09 Å². The minimum absolute atomic E-state index is 0.130. The van der Waals surface area contributed by atoms with Crippen LogP contribution in [0.2, 0.25) is 0 Å². The van der Waals surface area contributed by atoms with Crippen LogP contribution in [0, 0.1) is 5.92 Å². The van der Waals surface area contributed by atoms with Crippen molar-refractivity contribution in [3.05, 3.63) is 34.9 Å². The number of amides is 1. The quantitative estimate of drug-likeness (QED) is 0.882. The fourth-order valence-electron chi connectivity index (χ4n) is 4.62. The number of benzene rings is 1. The number of cyclic esters (lactones) is 1. The van der Waals surface area contributed by atoms with Gasteiger partial charge in [-0.05, 0) is 74.0 Å². The van der Waals surface area contributed by atoms with Crippen LogP contribution in [-0.4, -0.2) is 29.4 Å². The number of nitrogens with one attached hydrogen (secondary N) is 1. The molecule has 4 atom stereocenters. The van der Waals surface area contributed by atoms with E-state index in [1.54, 1.807) is 0 Å². The Labute approximate surface area is 137 Å². The zero-order valence-electron chi connectivity index (χ0n) is 13.7. The van der Waals surface area contributed by atoms with E-state index in [0.29, 0.717) is 18.4 Å². The SMILES string of the molecule is CC(O)C1CCc2cc([C@H]3CC[C@]4(COC(=O)N4)C3)ccc2C1. The summed E-state index contributed by atoms with van der Waals surface area (Å²) in [5, 5.41) is 12.8. The van der Waals surface area contributed by atoms with Gasteiger partial charge in [0.2, 0.25) is 0 Å². The second-order valence-electron chi connectivity index (χ2n) is 7.69. The molecule has 0 radical (unpaired) electrons. The molecule has 1 heterocycles. The van der Waals surface area contributed by atoms with Gasteiger partial charge in [-0.1, -0.05) is 18.2 Å². The number of alkyl carbamates (subject to hydrolysis) is 1. The van der Waals surface area contributed by atoms with Crippen molar-refractivity contribution in [2.75, 3.05) is 6.61 Å². The third-order valence-electron chi connectivity index (χ3n) is 6.11. The second kappa shape index (κ2) is 5.52. The Bertz CT molecular complexity index is 627. The predicted octanol–water partition coefficient (Wildman–Crippen LogP) is 2.92. The lowest BCUT2D eigenvalue weighted by atomic mass is 9.79. The van der Waals surface area contributed by atoms with Crippen LogP contribution in [-0.2, 0) is 17.6 Å². The molecule has 1 saturated carbocycles. The van der Waals surface area contributed by atoms with Crippen LogP contribution < -0.4 is 5.32 Å². The van der Waals surface area contributed by atoms with Gasteiger partial charge in [-0.25, -0.2) is 4.79 Å². The average Bonchev–Trinajstić information content (AvgIpc) is 3.12. The first-order chi connectivity index (χ1) is 11.0. The van der Waals surface area contributed by atoms with E-state index in [9.17, 15) is 9.90 Å². The van der Waals surface area contributed by atoms with Crippen LogP contribution in [0.4, 0.5) is 4.79 Å². The normalized spacial score (nSPS) is 34.1. The largest absolute Gasteiger partial charge is 0.447 e. The molecular formula is C19H25NO3. The smallest absolute Gasteiger partial charge is 0.407 e. The van der Waals surface area contributed by atoms with Crippen LogP contribution in [0.25, 0.3) is 0 Å². The molecule has 124 valence electrons. The third-order valence-corrected chi connectivity index (χ3v) is 6.11. The van der Waals surface area contributed by atoms with E-state index in [4.69, 9.17) is 4.74 Å². The first-order valence-corrected chi connectivity index (χ1v) is 8.79. The molecule has 3 aliphatic rings. The summed E-state index contributed by atoms with van der Waals surface area (Å²) in [5.74, 6) is 0.908. The van der Waals surface area contributed by atoms with Crippen LogP contribution in [0.1, 0.15) is 55.2 Å². The van der Waals surface area contributed by atoms with E-state index in [2.05, 4.69) is 23.5 Å². The molecule has 4 nitrogen and oxygen atoms in total. The van der Waals surface area contributed by atoms with Crippen molar-refractivity contribution >= 4 is 6.09 Å². The Morgan fingerprint density at radius 2 is 2.22 bits per heavy atom. The average molecular weight is 315 g/mol. The lowest BCUT2D eigenvalue weighted by Crippen LogP contribution is -2.40. The van der Waals surface area contributed by atoms with E-state index >= 15 is 0 Å². The van der Waals surface area contributed by atoms with Gasteiger partial charge in [0.15, 0.2) is 0 Å². The number of aliphatic hydroxyl groups is 1. The Morgan fingerprint density at radius 1 is 1.35 bits per heavy atom. The van der Waals surface area contributed by atoms with Crippen molar-refractivity contribution in [1.29, 1.82) is 0 Å². The molecule has 0 aromatic heterocycles. The molecule has 1 amide bonds. The molecule has 2 aliphatic carbocycles. The van der Waals surface area contributed by atoms with Gasteiger partial charge in [0, 0.05) is 0 Å². The van der Waals surface area contributed by atoms with Crippen molar-refractivity contribution < 1.29 is 14.6 Å². The van der Waals surface area contributed by atoms with Crippen LogP contribution in [0.5, 0.6) is 0 Å². The lowest BCUT2D eigenvalue weighted by Gasteiger charge is -2.27. The summed E-state index contributed by atoms with van der Waals surface area (Å²) in [6, 6.07) is 6.88. The molecule has 0 bridgehead atoms. The highest BCUT2D eigenvalue weighted by Gasteiger charge is 2.46. The highest BCUT2D eigenvalue weighted by atomic mass is 16.6. The van der Waals surface area contributed by atoms with E-state index in [-0.39, 0.29) is 17.7 Å². The number of hydrogen-bond acceptors (Lipinski definition) is 3. The molecule has 1 saturated heterocycles.